The molecule has 0 radical (unpaired) electrons. The van der Waals surface area contributed by atoms with Crippen molar-refractivity contribution in [3.8, 4) is 0 Å². The van der Waals surface area contributed by atoms with Gasteiger partial charge in [-0.15, -0.1) is 0 Å². The maximum atomic E-state index is 11.5. The van der Waals surface area contributed by atoms with Crippen molar-refractivity contribution in [3.63, 3.8) is 0 Å². The van der Waals surface area contributed by atoms with E-state index in [0.717, 1.165) is 51.5 Å². The minimum atomic E-state index is -0.134. The van der Waals surface area contributed by atoms with Gasteiger partial charge in [0.1, 0.15) is 10.3 Å². The van der Waals surface area contributed by atoms with Crippen LogP contribution in [0.3, 0.4) is 0 Å². The van der Waals surface area contributed by atoms with E-state index in [-0.39, 0.29) is 5.56 Å². The standard InChI is InChI=1S/C11H18BrN5O/c12-9-10(14-8-15-11(9)18)17-6-4-16(5-7-17)3-1-2-13/h8H,1-7,13H2,(H,14,15,18). The molecule has 100 valence electrons. The van der Waals surface area contributed by atoms with Crippen molar-refractivity contribution in [2.75, 3.05) is 44.2 Å². The zero-order chi connectivity index (χ0) is 13.0. The molecule has 0 atom stereocenters. The van der Waals surface area contributed by atoms with Crippen LogP contribution in [-0.4, -0.2) is 54.1 Å². The SMILES string of the molecule is NCCCN1CCN(c2nc[nH]c(=O)c2Br)CC1. The highest BCUT2D eigenvalue weighted by molar-refractivity contribution is 9.10. The van der Waals surface area contributed by atoms with Crippen LogP contribution >= 0.6 is 15.9 Å². The molecule has 0 bridgehead atoms. The van der Waals surface area contributed by atoms with E-state index in [4.69, 9.17) is 5.73 Å². The lowest BCUT2D eigenvalue weighted by atomic mass is 10.3. The van der Waals surface area contributed by atoms with Gasteiger partial charge < -0.3 is 15.6 Å². The van der Waals surface area contributed by atoms with Gasteiger partial charge in [-0.25, -0.2) is 4.98 Å². The van der Waals surface area contributed by atoms with Gasteiger partial charge in [0.05, 0.1) is 6.33 Å². The molecule has 2 rings (SSSR count). The smallest absolute Gasteiger partial charge is 0.267 e. The minimum absolute atomic E-state index is 0.134. The Labute approximate surface area is 114 Å². The average molecular weight is 316 g/mol. The van der Waals surface area contributed by atoms with Crippen molar-refractivity contribution in [1.82, 2.24) is 14.9 Å². The number of H-pyrrole nitrogens is 1. The van der Waals surface area contributed by atoms with Crippen LogP contribution in [-0.2, 0) is 0 Å². The molecule has 1 aliphatic rings. The lowest BCUT2D eigenvalue weighted by Crippen LogP contribution is -2.47. The molecule has 3 N–H and O–H groups in total. The zero-order valence-electron chi connectivity index (χ0n) is 10.2. The summed E-state index contributed by atoms with van der Waals surface area (Å²) in [5.41, 5.74) is 5.38. The van der Waals surface area contributed by atoms with E-state index in [1.807, 2.05) is 0 Å². The number of piperazine rings is 1. The van der Waals surface area contributed by atoms with E-state index in [2.05, 4.69) is 35.7 Å². The summed E-state index contributed by atoms with van der Waals surface area (Å²) in [5, 5.41) is 0. The third kappa shape index (κ3) is 3.09. The number of nitrogens with one attached hydrogen (secondary N) is 1. The van der Waals surface area contributed by atoms with Crippen LogP contribution in [0.2, 0.25) is 0 Å². The van der Waals surface area contributed by atoms with Crippen LogP contribution in [0.4, 0.5) is 5.82 Å². The van der Waals surface area contributed by atoms with Crippen LogP contribution in [0.1, 0.15) is 6.42 Å². The van der Waals surface area contributed by atoms with Crippen molar-refractivity contribution in [3.05, 3.63) is 21.2 Å². The summed E-state index contributed by atoms with van der Waals surface area (Å²) in [5.74, 6) is 0.734. The molecule has 0 unspecified atom stereocenters. The average Bonchev–Trinajstić information content (AvgIpc) is 2.40. The molecule has 0 spiro atoms. The fourth-order valence-corrected chi connectivity index (χ4v) is 2.56. The Balaban J connectivity index is 1.97. The Kier molecular flexibility index (Phi) is 4.73. The Morgan fingerprint density at radius 1 is 1.39 bits per heavy atom. The van der Waals surface area contributed by atoms with Crippen LogP contribution in [0.15, 0.2) is 15.6 Å². The molecule has 0 amide bonds. The van der Waals surface area contributed by atoms with E-state index in [9.17, 15) is 4.79 Å². The number of hydrogen-bond donors (Lipinski definition) is 2. The van der Waals surface area contributed by atoms with Gasteiger partial charge in [-0.3, -0.25) is 9.69 Å². The van der Waals surface area contributed by atoms with Crippen molar-refractivity contribution in [1.29, 1.82) is 0 Å². The third-order valence-electron chi connectivity index (χ3n) is 3.13. The Bertz CT molecular complexity index is 441. The number of nitrogens with two attached hydrogens (primary N) is 1. The first-order valence-electron chi connectivity index (χ1n) is 6.13. The highest BCUT2D eigenvalue weighted by Crippen LogP contribution is 2.20. The highest BCUT2D eigenvalue weighted by Gasteiger charge is 2.20. The molecule has 1 aromatic rings. The molecule has 2 heterocycles. The van der Waals surface area contributed by atoms with Gasteiger partial charge in [-0.2, -0.15) is 0 Å². The molecule has 1 aliphatic heterocycles. The quantitative estimate of drug-likeness (QED) is 0.818. The number of rotatable bonds is 4. The molecule has 0 aromatic carbocycles. The van der Waals surface area contributed by atoms with Crippen LogP contribution in [0.25, 0.3) is 0 Å². The monoisotopic (exact) mass is 315 g/mol. The zero-order valence-corrected chi connectivity index (χ0v) is 11.8. The van der Waals surface area contributed by atoms with Crippen molar-refractivity contribution < 1.29 is 0 Å². The van der Waals surface area contributed by atoms with E-state index in [0.29, 0.717) is 4.47 Å². The number of hydrogen-bond acceptors (Lipinski definition) is 5. The number of halogens is 1. The number of anilines is 1. The number of aromatic amines is 1. The second kappa shape index (κ2) is 6.31. The van der Waals surface area contributed by atoms with E-state index >= 15 is 0 Å². The summed E-state index contributed by atoms with van der Waals surface area (Å²) in [6.45, 7) is 5.54. The molecule has 0 aliphatic carbocycles. The second-order valence-electron chi connectivity index (χ2n) is 4.34. The Morgan fingerprint density at radius 3 is 2.78 bits per heavy atom. The Morgan fingerprint density at radius 2 is 2.11 bits per heavy atom. The first-order valence-corrected chi connectivity index (χ1v) is 6.92. The van der Waals surface area contributed by atoms with Crippen molar-refractivity contribution >= 4 is 21.7 Å². The molecule has 1 fully saturated rings. The normalized spacial score (nSPS) is 17.1. The molecule has 18 heavy (non-hydrogen) atoms. The summed E-state index contributed by atoms with van der Waals surface area (Å²) in [6, 6.07) is 0. The maximum Gasteiger partial charge on any atom is 0.267 e. The molecule has 0 saturated carbocycles. The summed E-state index contributed by atoms with van der Waals surface area (Å²) in [6.07, 6.45) is 2.48. The van der Waals surface area contributed by atoms with Gasteiger partial charge in [-0.1, -0.05) is 0 Å². The van der Waals surface area contributed by atoms with Gasteiger partial charge >= 0.3 is 0 Å². The molecule has 6 nitrogen and oxygen atoms in total. The van der Waals surface area contributed by atoms with Gasteiger partial charge in [0.2, 0.25) is 0 Å². The van der Waals surface area contributed by atoms with E-state index in [1.165, 1.54) is 6.33 Å². The lowest BCUT2D eigenvalue weighted by Gasteiger charge is -2.35. The summed E-state index contributed by atoms with van der Waals surface area (Å²) in [4.78, 5) is 22.8. The number of nitrogens with zero attached hydrogens (tertiary/aromatic N) is 3. The summed E-state index contributed by atoms with van der Waals surface area (Å²) < 4.78 is 0.514. The molecular weight excluding hydrogens is 298 g/mol. The molecular formula is C11H18BrN5O. The summed E-state index contributed by atoms with van der Waals surface area (Å²) in [7, 11) is 0. The second-order valence-corrected chi connectivity index (χ2v) is 5.13. The largest absolute Gasteiger partial charge is 0.353 e. The van der Waals surface area contributed by atoms with Crippen molar-refractivity contribution in [2.24, 2.45) is 5.73 Å². The maximum absolute atomic E-state index is 11.5. The third-order valence-corrected chi connectivity index (χ3v) is 3.84. The van der Waals surface area contributed by atoms with Gasteiger partial charge in [-0.05, 0) is 35.4 Å². The van der Waals surface area contributed by atoms with Gasteiger partial charge in [0.15, 0.2) is 0 Å². The fraction of sp³-hybridized carbons (Fsp3) is 0.636. The van der Waals surface area contributed by atoms with Gasteiger partial charge in [0.25, 0.3) is 5.56 Å². The lowest BCUT2D eigenvalue weighted by molar-refractivity contribution is 0.255. The van der Waals surface area contributed by atoms with Crippen LogP contribution in [0, 0.1) is 0 Å². The highest BCUT2D eigenvalue weighted by atomic mass is 79.9. The fourth-order valence-electron chi connectivity index (χ4n) is 2.09. The first kappa shape index (κ1) is 13.5. The van der Waals surface area contributed by atoms with E-state index in [1.54, 1.807) is 0 Å². The molecule has 1 aromatic heterocycles. The first-order chi connectivity index (χ1) is 8.72. The van der Waals surface area contributed by atoms with Gasteiger partial charge in [0, 0.05) is 26.2 Å². The number of aromatic nitrogens is 2. The predicted molar refractivity (Wildman–Crippen MR) is 74.9 cm³/mol. The topological polar surface area (TPSA) is 78.2 Å². The van der Waals surface area contributed by atoms with Crippen LogP contribution < -0.4 is 16.2 Å². The van der Waals surface area contributed by atoms with Crippen LogP contribution in [0.5, 0.6) is 0 Å². The van der Waals surface area contributed by atoms with Crippen molar-refractivity contribution in [2.45, 2.75) is 6.42 Å². The summed E-state index contributed by atoms with van der Waals surface area (Å²) >= 11 is 3.29. The minimum Gasteiger partial charge on any atom is -0.353 e. The molecule has 1 saturated heterocycles. The Hall–Kier alpha value is -0.920. The molecule has 7 heteroatoms. The van der Waals surface area contributed by atoms with E-state index < -0.39 is 0 Å². The predicted octanol–water partition coefficient (Wildman–Crippen LogP) is 0.00320.